The molecule has 3 aromatic carbocycles. The zero-order valence-electron chi connectivity index (χ0n) is 17.9. The van der Waals surface area contributed by atoms with E-state index in [-0.39, 0.29) is 17.4 Å². The van der Waals surface area contributed by atoms with Crippen LogP contribution in [0.3, 0.4) is 0 Å². The number of thiophene rings is 1. The molecule has 0 amide bonds. The summed E-state index contributed by atoms with van der Waals surface area (Å²) in [6, 6.07) is 35.3. The minimum atomic E-state index is -0.570. The van der Waals surface area contributed by atoms with Crippen molar-refractivity contribution in [1.29, 1.82) is 0 Å². The van der Waals surface area contributed by atoms with E-state index in [1.807, 2.05) is 11.3 Å². The third-order valence-electron chi connectivity index (χ3n) is 4.64. The summed E-state index contributed by atoms with van der Waals surface area (Å²) >= 11 is 1.85. The van der Waals surface area contributed by atoms with E-state index in [9.17, 15) is 0 Å². The first kappa shape index (κ1) is 30.5. The van der Waals surface area contributed by atoms with E-state index in [4.69, 9.17) is 14.0 Å². The minimum Gasteiger partial charge on any atom is 0 e. The predicted molar refractivity (Wildman–Crippen MR) is 129 cm³/mol. The van der Waals surface area contributed by atoms with Crippen LogP contribution in [0.5, 0.6) is 0 Å². The maximum absolute atomic E-state index is 7.50. The Balaban J connectivity index is 0.00000136. The van der Waals surface area contributed by atoms with Crippen LogP contribution in [0.15, 0.2) is 102 Å². The molecule has 3 nitrogen and oxygen atoms in total. The largest absolute Gasteiger partial charge is 0 e. The van der Waals surface area contributed by atoms with Crippen LogP contribution >= 0.6 is 19.3 Å². The van der Waals surface area contributed by atoms with Crippen molar-refractivity contribution in [2.24, 2.45) is 0 Å². The van der Waals surface area contributed by atoms with E-state index in [0.29, 0.717) is 5.92 Å². The van der Waals surface area contributed by atoms with Crippen LogP contribution in [0.2, 0.25) is 0 Å². The van der Waals surface area contributed by atoms with E-state index in [2.05, 4.69) is 129 Å². The zero-order valence-corrected chi connectivity index (χ0v) is 20.9. The average Bonchev–Trinajstić information content (AvgIpc) is 3.44. The fraction of sp³-hybridized carbons (Fsp3) is 0.0741. The molecule has 0 fully saturated rings. The van der Waals surface area contributed by atoms with Crippen molar-refractivity contribution in [3.63, 3.8) is 0 Å². The van der Waals surface area contributed by atoms with Crippen LogP contribution in [0.4, 0.5) is 0 Å². The molecule has 0 saturated carbocycles. The number of benzene rings is 3. The Morgan fingerprint density at radius 1 is 0.636 bits per heavy atom. The van der Waals surface area contributed by atoms with E-state index < -0.39 is 7.92 Å². The molecule has 0 spiro atoms. The van der Waals surface area contributed by atoms with Crippen molar-refractivity contribution in [1.82, 2.24) is 0 Å². The fourth-order valence-corrected chi connectivity index (χ4v) is 6.69. The molecule has 1 atom stereocenters. The molecule has 0 radical (unpaired) electrons. The molecule has 0 aliphatic heterocycles. The van der Waals surface area contributed by atoms with Gasteiger partial charge in [0.2, 0.25) is 0 Å². The second-order valence-electron chi connectivity index (χ2n) is 6.30. The molecule has 164 valence electrons. The van der Waals surface area contributed by atoms with Gasteiger partial charge in [0, 0.05) is 28.2 Å². The molecule has 33 heavy (non-hydrogen) atoms. The van der Waals surface area contributed by atoms with Gasteiger partial charge in [-0.15, -0.1) is 11.3 Å². The predicted octanol–water partition coefficient (Wildman–Crippen LogP) is 5.54. The van der Waals surface area contributed by atoms with Crippen molar-refractivity contribution in [2.75, 3.05) is 0 Å². The quantitative estimate of drug-likeness (QED) is 0.193. The molecular formula is C27H21CrO3PS. The van der Waals surface area contributed by atoms with Gasteiger partial charge >= 0.3 is 33.9 Å². The molecule has 0 aliphatic carbocycles. The second-order valence-corrected chi connectivity index (χ2v) is 9.47. The van der Waals surface area contributed by atoms with Gasteiger partial charge < -0.3 is 0 Å². The van der Waals surface area contributed by atoms with Gasteiger partial charge in [0.05, 0.1) is 0 Å². The van der Waals surface area contributed by atoms with Gasteiger partial charge in [0.25, 0.3) is 0 Å². The molecule has 4 aromatic rings. The van der Waals surface area contributed by atoms with Gasteiger partial charge in [-0.1, -0.05) is 97.9 Å². The normalized spacial score (nSPS) is 9.82. The van der Waals surface area contributed by atoms with Crippen molar-refractivity contribution in [3.8, 4) is 0 Å². The summed E-state index contributed by atoms with van der Waals surface area (Å²) in [5.74, 6) is 0.406. The SMILES string of the molecule is C[C@H](c1cccs1)c1ccccc1P(c1ccccc1)c1ccccc1.[C-]#[O+].[C-]#[O+].[C-]#[O+].[Cr]. The molecule has 0 N–H and O–H groups in total. The second kappa shape index (κ2) is 18.0. The van der Waals surface area contributed by atoms with Crippen molar-refractivity contribution in [2.45, 2.75) is 12.8 Å². The Bertz CT molecular complexity index is 1040. The Labute approximate surface area is 211 Å². The van der Waals surface area contributed by atoms with Crippen LogP contribution in [0.1, 0.15) is 23.3 Å². The van der Waals surface area contributed by atoms with Gasteiger partial charge in [-0.05, 0) is 40.8 Å². The minimum absolute atomic E-state index is 0. The topological polar surface area (TPSA) is 59.7 Å². The van der Waals surface area contributed by atoms with Crippen molar-refractivity contribution < 1.29 is 31.3 Å². The summed E-state index contributed by atoms with van der Waals surface area (Å²) in [5.41, 5.74) is 1.44. The molecule has 1 aromatic heterocycles. The molecule has 0 aliphatic rings. The average molecular weight is 508 g/mol. The Morgan fingerprint density at radius 3 is 1.55 bits per heavy atom. The smallest absolute Gasteiger partial charge is 0 e. The van der Waals surface area contributed by atoms with Gasteiger partial charge in [0.1, 0.15) is 0 Å². The van der Waals surface area contributed by atoms with E-state index >= 15 is 0 Å². The van der Waals surface area contributed by atoms with Gasteiger partial charge in [-0.25, -0.2) is 0 Å². The molecule has 0 unspecified atom stereocenters. The van der Waals surface area contributed by atoms with E-state index in [1.165, 1.54) is 26.4 Å². The van der Waals surface area contributed by atoms with E-state index in [0.717, 1.165) is 0 Å². The van der Waals surface area contributed by atoms with Gasteiger partial charge in [-0.3, -0.25) is 0 Å². The first-order valence-corrected chi connectivity index (χ1v) is 11.7. The Hall–Kier alpha value is -2.46. The van der Waals surface area contributed by atoms with Crippen molar-refractivity contribution >= 4 is 35.2 Å². The maximum Gasteiger partial charge on any atom is 0 e. The molecular weight excluding hydrogens is 487 g/mol. The molecule has 0 saturated heterocycles. The summed E-state index contributed by atoms with van der Waals surface area (Å²) < 4.78 is 22.5. The van der Waals surface area contributed by atoms with Crippen LogP contribution in [-0.2, 0) is 31.3 Å². The van der Waals surface area contributed by atoms with Crippen LogP contribution < -0.4 is 15.9 Å². The number of rotatable bonds is 5. The third kappa shape index (κ3) is 8.44. The summed E-state index contributed by atoms with van der Waals surface area (Å²) in [7, 11) is -0.570. The fourth-order valence-electron chi connectivity index (χ4n) is 3.33. The van der Waals surface area contributed by atoms with Crippen molar-refractivity contribution in [3.05, 3.63) is 133 Å². The standard InChI is InChI=1S/C24H21PS.3CO.Cr/c1-19(24-17-10-18-26-24)22-15-8-9-16-23(22)25(20-11-4-2-5-12-20)21-13-6-3-7-14-21;3*1-2;/h2-19H,1H3;;;;/t19-;;;;/m0..../s1. The summed E-state index contributed by atoms with van der Waals surface area (Å²) in [6.45, 7) is 15.8. The first-order valence-electron chi connectivity index (χ1n) is 9.48. The van der Waals surface area contributed by atoms with E-state index in [1.54, 1.807) is 0 Å². The van der Waals surface area contributed by atoms with Crippen LogP contribution in [0, 0.1) is 20.0 Å². The number of hydrogen-bond donors (Lipinski definition) is 0. The molecule has 6 heteroatoms. The Morgan fingerprint density at radius 2 is 1.09 bits per heavy atom. The third-order valence-corrected chi connectivity index (χ3v) is 8.22. The monoisotopic (exact) mass is 508 g/mol. The molecule has 1 heterocycles. The number of hydrogen-bond acceptors (Lipinski definition) is 1. The molecule has 0 bridgehead atoms. The van der Waals surface area contributed by atoms with Gasteiger partial charge in [-0.2, -0.15) is 0 Å². The van der Waals surface area contributed by atoms with Gasteiger partial charge in [0.15, 0.2) is 0 Å². The summed E-state index contributed by atoms with van der Waals surface area (Å²) in [5, 5.41) is 6.44. The van der Waals surface area contributed by atoms with Crippen LogP contribution in [-0.4, -0.2) is 0 Å². The Kier molecular flexibility index (Phi) is 16.7. The summed E-state index contributed by atoms with van der Waals surface area (Å²) in [4.78, 5) is 1.42. The first-order chi connectivity index (χ1) is 15.8. The maximum atomic E-state index is 7.50. The summed E-state index contributed by atoms with van der Waals surface area (Å²) in [6.07, 6.45) is 0. The van der Waals surface area contributed by atoms with Crippen LogP contribution in [0.25, 0.3) is 0 Å². The molecule has 4 rings (SSSR count). The zero-order chi connectivity index (χ0) is 23.8.